The second-order valence-corrected chi connectivity index (χ2v) is 5.30. The molecule has 0 aromatic carbocycles. The highest BCUT2D eigenvalue weighted by Gasteiger charge is 2.08. The van der Waals surface area contributed by atoms with Crippen LogP contribution in [0.1, 0.15) is 19.8 Å². The van der Waals surface area contributed by atoms with Crippen molar-refractivity contribution < 1.29 is 0 Å². The zero-order valence-electron chi connectivity index (χ0n) is 9.51. The molecular formula is C11H15N3S2. The Morgan fingerprint density at radius 2 is 2.38 bits per heavy atom. The first-order chi connectivity index (χ1) is 7.83. The summed E-state index contributed by atoms with van der Waals surface area (Å²) in [6.07, 6.45) is 9.51. The van der Waals surface area contributed by atoms with Crippen molar-refractivity contribution in [2.45, 2.75) is 19.8 Å². The molecule has 86 valence electrons. The summed E-state index contributed by atoms with van der Waals surface area (Å²) < 4.78 is 2.83. The van der Waals surface area contributed by atoms with Gasteiger partial charge in [-0.05, 0) is 18.4 Å². The summed E-state index contributed by atoms with van der Waals surface area (Å²) in [6, 6.07) is 2.24. The van der Waals surface area contributed by atoms with Crippen LogP contribution in [0.25, 0.3) is 5.70 Å². The largest absolute Gasteiger partial charge is 0.296 e. The first-order valence-electron chi connectivity index (χ1n) is 5.13. The third-order valence-electron chi connectivity index (χ3n) is 1.98. The second kappa shape index (κ2) is 7.42. The molecule has 0 atom stereocenters. The van der Waals surface area contributed by atoms with E-state index < -0.39 is 0 Å². The van der Waals surface area contributed by atoms with Crippen molar-refractivity contribution in [1.29, 1.82) is 5.26 Å². The zero-order chi connectivity index (χ0) is 11.8. The lowest BCUT2D eigenvalue weighted by Gasteiger charge is -2.07. The fourth-order valence-corrected chi connectivity index (χ4v) is 3.11. The zero-order valence-corrected chi connectivity index (χ0v) is 11.1. The molecule has 1 rings (SSSR count). The van der Waals surface area contributed by atoms with Gasteiger partial charge in [-0.15, -0.1) is 23.5 Å². The Hall–Kier alpha value is -0.860. The van der Waals surface area contributed by atoms with Crippen LogP contribution in [0.5, 0.6) is 0 Å². The van der Waals surface area contributed by atoms with Crippen molar-refractivity contribution in [1.82, 2.24) is 9.55 Å². The van der Waals surface area contributed by atoms with Crippen molar-refractivity contribution in [3.8, 4) is 6.07 Å². The minimum Gasteiger partial charge on any atom is -0.296 e. The maximum Gasteiger partial charge on any atom is 0.145 e. The summed E-state index contributed by atoms with van der Waals surface area (Å²) in [5.41, 5.74) is 0.672. The molecule has 0 aliphatic rings. The Morgan fingerprint density at radius 3 is 2.88 bits per heavy atom. The van der Waals surface area contributed by atoms with Gasteiger partial charge in [0.05, 0.1) is 10.6 Å². The fraction of sp³-hybridized carbons (Fsp3) is 0.455. The number of aromatic nitrogens is 2. The normalized spacial score (nSPS) is 12.1. The monoisotopic (exact) mass is 253 g/mol. The van der Waals surface area contributed by atoms with Crippen LogP contribution in [-0.2, 0) is 0 Å². The lowest BCUT2D eigenvalue weighted by Crippen LogP contribution is -1.94. The maximum absolute atomic E-state index is 9.17. The number of allylic oxidation sites excluding steroid dienone is 1. The van der Waals surface area contributed by atoms with Crippen LogP contribution >= 0.6 is 23.5 Å². The third-order valence-corrected chi connectivity index (χ3v) is 4.34. The van der Waals surface area contributed by atoms with Gasteiger partial charge in [0.2, 0.25) is 0 Å². The molecule has 0 spiro atoms. The number of hydrogen-bond donors (Lipinski definition) is 0. The van der Waals surface area contributed by atoms with Gasteiger partial charge >= 0.3 is 0 Å². The van der Waals surface area contributed by atoms with Crippen LogP contribution in [0.3, 0.4) is 0 Å². The van der Waals surface area contributed by atoms with Gasteiger partial charge in [-0.25, -0.2) is 4.98 Å². The number of hydrogen-bond acceptors (Lipinski definition) is 4. The Morgan fingerprint density at radius 1 is 1.56 bits per heavy atom. The molecule has 0 saturated carbocycles. The van der Waals surface area contributed by atoms with E-state index in [1.54, 1.807) is 46.8 Å². The van der Waals surface area contributed by atoms with E-state index in [-0.39, 0.29) is 0 Å². The molecule has 0 saturated heterocycles. The predicted octanol–water partition coefficient (Wildman–Crippen LogP) is 3.43. The van der Waals surface area contributed by atoms with Crippen LogP contribution in [0.15, 0.2) is 23.0 Å². The molecule has 0 radical (unpaired) electrons. The summed E-state index contributed by atoms with van der Waals surface area (Å²) >= 11 is 3.37. The van der Waals surface area contributed by atoms with Crippen molar-refractivity contribution >= 4 is 29.2 Å². The molecule has 0 amide bonds. The lowest BCUT2D eigenvalue weighted by molar-refractivity contribution is 0.897. The lowest BCUT2D eigenvalue weighted by atomic mass is 10.4. The van der Waals surface area contributed by atoms with Gasteiger partial charge in [0, 0.05) is 12.4 Å². The van der Waals surface area contributed by atoms with Crippen molar-refractivity contribution in [2.24, 2.45) is 0 Å². The molecule has 0 unspecified atom stereocenters. The number of unbranched alkanes of at least 4 members (excludes halogenated alkanes) is 1. The van der Waals surface area contributed by atoms with Gasteiger partial charge in [0.15, 0.2) is 0 Å². The molecule has 1 heterocycles. The van der Waals surface area contributed by atoms with Crippen molar-refractivity contribution in [3.05, 3.63) is 23.0 Å². The molecule has 0 fully saturated rings. The van der Waals surface area contributed by atoms with Gasteiger partial charge in [-0.3, -0.25) is 4.57 Å². The van der Waals surface area contributed by atoms with Gasteiger partial charge in [0.1, 0.15) is 11.8 Å². The van der Waals surface area contributed by atoms with Crippen LogP contribution in [-0.4, -0.2) is 21.6 Å². The van der Waals surface area contributed by atoms with E-state index in [1.165, 1.54) is 12.8 Å². The van der Waals surface area contributed by atoms with E-state index in [9.17, 15) is 5.26 Å². The Labute approximate surface area is 105 Å². The van der Waals surface area contributed by atoms with Crippen LogP contribution < -0.4 is 0 Å². The van der Waals surface area contributed by atoms with E-state index in [4.69, 9.17) is 0 Å². The molecule has 1 aromatic rings. The first kappa shape index (κ1) is 13.2. The van der Waals surface area contributed by atoms with E-state index >= 15 is 0 Å². The number of thioether (sulfide) groups is 2. The Balaban J connectivity index is 2.83. The van der Waals surface area contributed by atoms with Gasteiger partial charge in [0.25, 0.3) is 0 Å². The summed E-state index contributed by atoms with van der Waals surface area (Å²) in [5.74, 6) is 1.06. The van der Waals surface area contributed by atoms with Crippen LogP contribution in [0, 0.1) is 11.3 Å². The van der Waals surface area contributed by atoms with Gasteiger partial charge in [-0.1, -0.05) is 13.3 Å². The summed E-state index contributed by atoms with van der Waals surface area (Å²) in [6.45, 7) is 2.17. The highest BCUT2D eigenvalue weighted by molar-refractivity contribution is 8.22. The van der Waals surface area contributed by atoms with E-state index in [0.717, 1.165) is 9.99 Å². The third kappa shape index (κ3) is 3.62. The SMILES string of the molecule is CCCCSC(SC)=C(C#N)n1ccnc1. The van der Waals surface area contributed by atoms with E-state index in [2.05, 4.69) is 18.0 Å². The Bertz CT molecular complexity index is 376. The van der Waals surface area contributed by atoms with Crippen LogP contribution in [0.4, 0.5) is 0 Å². The molecule has 5 heteroatoms. The standard InChI is InChI=1S/C11H15N3S2/c1-3-4-7-16-11(15-2)10(8-12)14-6-5-13-9-14/h5-6,9H,3-4,7H2,1-2H3. The average Bonchev–Trinajstić information content (AvgIpc) is 2.82. The van der Waals surface area contributed by atoms with E-state index in [1.807, 2.05) is 6.26 Å². The minimum atomic E-state index is 0.672. The number of nitriles is 1. The molecule has 0 bridgehead atoms. The van der Waals surface area contributed by atoms with Crippen molar-refractivity contribution in [3.63, 3.8) is 0 Å². The topological polar surface area (TPSA) is 41.6 Å². The quantitative estimate of drug-likeness (QED) is 0.575. The number of imidazole rings is 1. The summed E-state index contributed by atoms with van der Waals surface area (Å²) in [5, 5.41) is 9.17. The summed E-state index contributed by atoms with van der Waals surface area (Å²) in [7, 11) is 0. The van der Waals surface area contributed by atoms with Crippen molar-refractivity contribution in [2.75, 3.05) is 12.0 Å². The van der Waals surface area contributed by atoms with E-state index in [0.29, 0.717) is 5.70 Å². The second-order valence-electron chi connectivity index (χ2n) is 3.12. The summed E-state index contributed by atoms with van der Waals surface area (Å²) in [4.78, 5) is 3.96. The molecule has 0 N–H and O–H groups in total. The van der Waals surface area contributed by atoms with Crippen LogP contribution in [0.2, 0.25) is 0 Å². The van der Waals surface area contributed by atoms with Gasteiger partial charge in [-0.2, -0.15) is 5.26 Å². The maximum atomic E-state index is 9.17. The predicted molar refractivity (Wildman–Crippen MR) is 71.9 cm³/mol. The highest BCUT2D eigenvalue weighted by atomic mass is 32.2. The molecule has 3 nitrogen and oxygen atoms in total. The molecule has 0 aliphatic heterocycles. The first-order valence-corrected chi connectivity index (χ1v) is 7.34. The smallest absolute Gasteiger partial charge is 0.145 e. The molecule has 1 aromatic heterocycles. The number of nitrogens with zero attached hydrogens (tertiary/aromatic N) is 3. The van der Waals surface area contributed by atoms with Gasteiger partial charge < -0.3 is 0 Å². The average molecular weight is 253 g/mol. The molecular weight excluding hydrogens is 238 g/mol. The Kier molecular flexibility index (Phi) is 6.12. The minimum absolute atomic E-state index is 0.672. The molecule has 0 aliphatic carbocycles. The molecule has 16 heavy (non-hydrogen) atoms. The highest BCUT2D eigenvalue weighted by Crippen LogP contribution is 2.32. The number of rotatable bonds is 6. The fourth-order valence-electron chi connectivity index (χ4n) is 1.13.